The van der Waals surface area contributed by atoms with Crippen molar-refractivity contribution in [3.63, 3.8) is 0 Å². The Morgan fingerprint density at radius 2 is 1.83 bits per heavy atom. The van der Waals surface area contributed by atoms with Crippen LogP contribution >= 0.6 is 0 Å². The number of hydrogen-bond acceptors (Lipinski definition) is 5. The van der Waals surface area contributed by atoms with Gasteiger partial charge in [0, 0.05) is 51.6 Å². The molecule has 1 fully saturated rings. The molecule has 0 spiro atoms. The zero-order valence-corrected chi connectivity index (χ0v) is 12.5. The average Bonchev–Trinajstić information content (AvgIpc) is 2.33. The molecule has 0 amide bonds. The average molecular weight is 277 g/mol. The molecule has 0 saturated carbocycles. The van der Waals surface area contributed by atoms with Crippen LogP contribution in [0.3, 0.4) is 0 Å². The summed E-state index contributed by atoms with van der Waals surface area (Å²) in [4.78, 5) is 4.68. The number of sulfone groups is 1. The predicted octanol–water partition coefficient (Wildman–Crippen LogP) is -0.224. The van der Waals surface area contributed by atoms with Gasteiger partial charge in [-0.2, -0.15) is 0 Å². The second-order valence-electron chi connectivity index (χ2n) is 5.19. The Hall–Kier alpha value is -0.170. The summed E-state index contributed by atoms with van der Waals surface area (Å²) in [5, 5.41) is 0. The van der Waals surface area contributed by atoms with Gasteiger partial charge < -0.3 is 5.73 Å². The standard InChI is InChI=1S/C12H27N3O2S/c1-3-4-12(11-13)15-7-5-14(6-8-15)9-10-18(2,16)17/h12H,3-11,13H2,1-2H3. The van der Waals surface area contributed by atoms with Crippen molar-refractivity contribution < 1.29 is 8.42 Å². The van der Waals surface area contributed by atoms with Crippen LogP contribution in [-0.2, 0) is 9.84 Å². The molecule has 108 valence electrons. The second kappa shape index (κ2) is 7.43. The Balaban J connectivity index is 2.31. The molecule has 5 nitrogen and oxygen atoms in total. The first-order chi connectivity index (χ1) is 8.46. The highest BCUT2D eigenvalue weighted by Crippen LogP contribution is 2.10. The highest BCUT2D eigenvalue weighted by atomic mass is 32.2. The van der Waals surface area contributed by atoms with Crippen molar-refractivity contribution in [2.75, 3.05) is 51.3 Å². The minimum absolute atomic E-state index is 0.266. The molecule has 2 N–H and O–H groups in total. The predicted molar refractivity (Wildman–Crippen MR) is 75.5 cm³/mol. The summed E-state index contributed by atoms with van der Waals surface area (Å²) in [6, 6.07) is 0.493. The highest BCUT2D eigenvalue weighted by Gasteiger charge is 2.22. The van der Waals surface area contributed by atoms with Gasteiger partial charge in [-0.3, -0.25) is 9.80 Å². The van der Waals surface area contributed by atoms with Gasteiger partial charge in [0.1, 0.15) is 9.84 Å². The molecule has 1 rings (SSSR count). The molecular weight excluding hydrogens is 250 g/mol. The van der Waals surface area contributed by atoms with E-state index in [1.165, 1.54) is 6.26 Å². The molecular formula is C12H27N3O2S. The third-order valence-electron chi connectivity index (χ3n) is 3.60. The van der Waals surface area contributed by atoms with Crippen molar-refractivity contribution in [1.82, 2.24) is 9.80 Å². The van der Waals surface area contributed by atoms with Gasteiger partial charge in [0.2, 0.25) is 0 Å². The van der Waals surface area contributed by atoms with Gasteiger partial charge in [0.15, 0.2) is 0 Å². The first-order valence-electron chi connectivity index (χ1n) is 6.80. The fourth-order valence-electron chi connectivity index (χ4n) is 2.43. The van der Waals surface area contributed by atoms with Crippen LogP contribution < -0.4 is 5.73 Å². The minimum Gasteiger partial charge on any atom is -0.329 e. The maximum atomic E-state index is 11.1. The third-order valence-corrected chi connectivity index (χ3v) is 4.52. The fourth-order valence-corrected chi connectivity index (χ4v) is 3.02. The molecule has 1 unspecified atom stereocenters. The SMILES string of the molecule is CCCC(CN)N1CCN(CCS(C)(=O)=O)CC1. The van der Waals surface area contributed by atoms with Crippen molar-refractivity contribution in [2.24, 2.45) is 5.73 Å². The molecule has 18 heavy (non-hydrogen) atoms. The normalized spacial score (nSPS) is 21.1. The topological polar surface area (TPSA) is 66.6 Å². The maximum absolute atomic E-state index is 11.1. The van der Waals surface area contributed by atoms with Crippen LogP contribution in [-0.4, -0.2) is 75.5 Å². The lowest BCUT2D eigenvalue weighted by Gasteiger charge is -2.38. The Kier molecular flexibility index (Phi) is 6.55. The molecule has 0 bridgehead atoms. The van der Waals surface area contributed by atoms with E-state index in [-0.39, 0.29) is 5.75 Å². The van der Waals surface area contributed by atoms with E-state index < -0.39 is 9.84 Å². The molecule has 1 heterocycles. The Morgan fingerprint density at radius 3 is 2.28 bits per heavy atom. The van der Waals surface area contributed by atoms with Crippen LogP contribution in [0.15, 0.2) is 0 Å². The smallest absolute Gasteiger partial charge is 0.148 e. The van der Waals surface area contributed by atoms with E-state index in [0.717, 1.165) is 45.6 Å². The molecule has 0 aromatic rings. The van der Waals surface area contributed by atoms with Crippen LogP contribution in [0.1, 0.15) is 19.8 Å². The lowest BCUT2D eigenvalue weighted by atomic mass is 10.1. The Labute approximate surface area is 111 Å². The molecule has 1 saturated heterocycles. The summed E-state index contributed by atoms with van der Waals surface area (Å²) in [6.07, 6.45) is 3.62. The number of piperazine rings is 1. The van der Waals surface area contributed by atoms with Crippen molar-refractivity contribution in [1.29, 1.82) is 0 Å². The van der Waals surface area contributed by atoms with E-state index in [0.29, 0.717) is 12.6 Å². The summed E-state index contributed by atoms with van der Waals surface area (Å²) in [6.45, 7) is 7.48. The maximum Gasteiger partial charge on any atom is 0.148 e. The van der Waals surface area contributed by atoms with Crippen molar-refractivity contribution in [3.05, 3.63) is 0 Å². The minimum atomic E-state index is -2.84. The number of hydrogen-bond donors (Lipinski definition) is 1. The van der Waals surface area contributed by atoms with E-state index in [1.54, 1.807) is 0 Å². The van der Waals surface area contributed by atoms with Gasteiger partial charge in [0.25, 0.3) is 0 Å². The molecule has 0 radical (unpaired) electrons. The van der Waals surface area contributed by atoms with Crippen LogP contribution in [0.2, 0.25) is 0 Å². The zero-order valence-electron chi connectivity index (χ0n) is 11.6. The molecule has 1 aliphatic heterocycles. The summed E-state index contributed by atoms with van der Waals surface area (Å²) in [5.41, 5.74) is 5.81. The first kappa shape index (κ1) is 15.9. The second-order valence-corrected chi connectivity index (χ2v) is 7.45. The van der Waals surface area contributed by atoms with E-state index in [2.05, 4.69) is 16.7 Å². The van der Waals surface area contributed by atoms with Crippen LogP contribution in [0, 0.1) is 0 Å². The highest BCUT2D eigenvalue weighted by molar-refractivity contribution is 7.90. The molecule has 1 atom stereocenters. The lowest BCUT2D eigenvalue weighted by Crippen LogP contribution is -2.52. The summed E-state index contributed by atoms with van der Waals surface area (Å²) < 4.78 is 22.2. The Bertz CT molecular complexity index is 324. The van der Waals surface area contributed by atoms with Crippen molar-refractivity contribution in [2.45, 2.75) is 25.8 Å². The van der Waals surface area contributed by atoms with Crippen molar-refractivity contribution >= 4 is 9.84 Å². The number of nitrogens with zero attached hydrogens (tertiary/aromatic N) is 2. The summed E-state index contributed by atoms with van der Waals surface area (Å²) in [5.74, 6) is 0.266. The van der Waals surface area contributed by atoms with E-state index in [1.807, 2.05) is 0 Å². The van der Waals surface area contributed by atoms with Crippen LogP contribution in [0.25, 0.3) is 0 Å². The molecule has 0 aromatic heterocycles. The van der Waals surface area contributed by atoms with E-state index in [9.17, 15) is 8.42 Å². The number of nitrogens with two attached hydrogens (primary N) is 1. The molecule has 1 aliphatic rings. The van der Waals surface area contributed by atoms with E-state index >= 15 is 0 Å². The van der Waals surface area contributed by atoms with Gasteiger partial charge in [-0.15, -0.1) is 0 Å². The molecule has 0 aromatic carbocycles. The van der Waals surface area contributed by atoms with Gasteiger partial charge in [-0.1, -0.05) is 13.3 Å². The lowest BCUT2D eigenvalue weighted by molar-refractivity contribution is 0.0982. The largest absolute Gasteiger partial charge is 0.329 e. The molecule has 6 heteroatoms. The number of rotatable bonds is 7. The molecule has 0 aliphatic carbocycles. The first-order valence-corrected chi connectivity index (χ1v) is 8.86. The van der Waals surface area contributed by atoms with Crippen LogP contribution in [0.5, 0.6) is 0 Å². The van der Waals surface area contributed by atoms with Gasteiger partial charge >= 0.3 is 0 Å². The zero-order chi connectivity index (χ0) is 13.6. The summed E-state index contributed by atoms with van der Waals surface area (Å²) >= 11 is 0. The Morgan fingerprint density at radius 1 is 1.22 bits per heavy atom. The van der Waals surface area contributed by atoms with Gasteiger partial charge in [-0.05, 0) is 6.42 Å². The van der Waals surface area contributed by atoms with Crippen LogP contribution in [0.4, 0.5) is 0 Å². The van der Waals surface area contributed by atoms with Gasteiger partial charge in [-0.25, -0.2) is 8.42 Å². The fraction of sp³-hybridized carbons (Fsp3) is 1.00. The third kappa shape index (κ3) is 5.65. The monoisotopic (exact) mass is 277 g/mol. The van der Waals surface area contributed by atoms with Crippen molar-refractivity contribution in [3.8, 4) is 0 Å². The quantitative estimate of drug-likeness (QED) is 0.697. The summed E-state index contributed by atoms with van der Waals surface area (Å²) in [7, 11) is -2.84. The van der Waals surface area contributed by atoms with E-state index in [4.69, 9.17) is 5.73 Å². The van der Waals surface area contributed by atoms with Gasteiger partial charge in [0.05, 0.1) is 5.75 Å².